The lowest BCUT2D eigenvalue weighted by molar-refractivity contribution is 0.273. The molecular weight excluding hydrogens is 138 g/mol. The van der Waals surface area contributed by atoms with Crippen LogP contribution in [0.5, 0.6) is 0 Å². The van der Waals surface area contributed by atoms with Crippen LogP contribution in [-0.4, -0.2) is 23.9 Å². The molecule has 0 aromatic heterocycles. The van der Waals surface area contributed by atoms with Crippen LogP contribution in [0.4, 0.5) is 0 Å². The Labute approximate surface area is 68.5 Å². The molecule has 3 nitrogen and oxygen atoms in total. The van der Waals surface area contributed by atoms with Gasteiger partial charge in [0.05, 0.1) is 0 Å². The standard InChI is InChI=1S/C8H17N3/c1-4-11-6-9-10-8(11)5-7(2)3/h6-8,10H,4-5H2,1-3H3. The SMILES string of the molecule is CCN1C=NNC1CC(C)C. The highest BCUT2D eigenvalue weighted by Crippen LogP contribution is 2.10. The topological polar surface area (TPSA) is 27.6 Å². The molecule has 0 spiro atoms. The van der Waals surface area contributed by atoms with Crippen LogP contribution in [0.25, 0.3) is 0 Å². The van der Waals surface area contributed by atoms with Crippen LogP contribution >= 0.6 is 0 Å². The fraction of sp³-hybridized carbons (Fsp3) is 0.875. The third kappa shape index (κ3) is 2.10. The van der Waals surface area contributed by atoms with Gasteiger partial charge in [-0.25, -0.2) is 0 Å². The summed E-state index contributed by atoms with van der Waals surface area (Å²) in [6, 6.07) is 0. The van der Waals surface area contributed by atoms with Crippen molar-refractivity contribution in [3.8, 4) is 0 Å². The second-order valence-corrected chi connectivity index (χ2v) is 3.35. The Balaban J connectivity index is 2.35. The van der Waals surface area contributed by atoms with Gasteiger partial charge in [0.25, 0.3) is 0 Å². The molecule has 0 fully saturated rings. The van der Waals surface area contributed by atoms with Gasteiger partial charge in [0.1, 0.15) is 12.5 Å². The Morgan fingerprint density at radius 2 is 2.36 bits per heavy atom. The van der Waals surface area contributed by atoms with Crippen LogP contribution in [-0.2, 0) is 0 Å². The summed E-state index contributed by atoms with van der Waals surface area (Å²) in [5.74, 6) is 0.725. The summed E-state index contributed by atoms with van der Waals surface area (Å²) in [6.45, 7) is 7.64. The van der Waals surface area contributed by atoms with Crippen molar-refractivity contribution in [1.29, 1.82) is 0 Å². The Bertz CT molecular complexity index is 142. The van der Waals surface area contributed by atoms with Crippen LogP contribution in [0.1, 0.15) is 27.2 Å². The van der Waals surface area contributed by atoms with Crippen LogP contribution in [0.3, 0.4) is 0 Å². The van der Waals surface area contributed by atoms with E-state index < -0.39 is 0 Å². The van der Waals surface area contributed by atoms with E-state index in [1.807, 2.05) is 6.34 Å². The van der Waals surface area contributed by atoms with Gasteiger partial charge in [-0.15, -0.1) is 0 Å². The molecule has 1 rings (SSSR count). The van der Waals surface area contributed by atoms with Crippen molar-refractivity contribution in [2.45, 2.75) is 33.4 Å². The predicted octanol–water partition coefficient (Wildman–Crippen LogP) is 1.23. The molecule has 0 saturated carbocycles. The number of nitrogens with zero attached hydrogens (tertiary/aromatic N) is 2. The Kier molecular flexibility index (Phi) is 2.74. The first kappa shape index (κ1) is 8.37. The molecule has 1 aliphatic heterocycles. The van der Waals surface area contributed by atoms with Gasteiger partial charge in [0, 0.05) is 6.54 Å². The van der Waals surface area contributed by atoms with Crippen LogP contribution in [0.2, 0.25) is 0 Å². The average Bonchev–Trinajstić information content (AvgIpc) is 2.34. The molecule has 0 aromatic carbocycles. The molecule has 1 aliphatic rings. The first-order chi connectivity index (χ1) is 5.24. The van der Waals surface area contributed by atoms with E-state index >= 15 is 0 Å². The molecule has 0 saturated heterocycles. The highest BCUT2D eigenvalue weighted by molar-refractivity contribution is 5.56. The molecule has 0 radical (unpaired) electrons. The summed E-state index contributed by atoms with van der Waals surface area (Å²) in [5.41, 5.74) is 3.08. The zero-order valence-electron chi connectivity index (χ0n) is 7.54. The highest BCUT2D eigenvalue weighted by atomic mass is 15.5. The second-order valence-electron chi connectivity index (χ2n) is 3.35. The van der Waals surface area contributed by atoms with E-state index in [2.05, 4.69) is 36.2 Å². The first-order valence-electron chi connectivity index (χ1n) is 4.28. The van der Waals surface area contributed by atoms with Gasteiger partial charge >= 0.3 is 0 Å². The Morgan fingerprint density at radius 3 is 2.91 bits per heavy atom. The first-order valence-corrected chi connectivity index (χ1v) is 4.28. The van der Waals surface area contributed by atoms with Gasteiger partial charge in [-0.05, 0) is 19.3 Å². The maximum absolute atomic E-state index is 4.02. The molecular formula is C8H17N3. The Hall–Kier alpha value is -0.730. The summed E-state index contributed by atoms with van der Waals surface area (Å²) in [7, 11) is 0. The van der Waals surface area contributed by atoms with Crippen molar-refractivity contribution in [3.63, 3.8) is 0 Å². The van der Waals surface area contributed by atoms with Crippen molar-refractivity contribution in [2.24, 2.45) is 11.0 Å². The predicted molar refractivity (Wildman–Crippen MR) is 47.3 cm³/mol. The lowest BCUT2D eigenvalue weighted by Gasteiger charge is -2.23. The quantitative estimate of drug-likeness (QED) is 0.663. The Morgan fingerprint density at radius 1 is 1.64 bits per heavy atom. The maximum Gasteiger partial charge on any atom is 0.116 e. The molecule has 1 N–H and O–H groups in total. The van der Waals surface area contributed by atoms with Crippen molar-refractivity contribution >= 4 is 6.34 Å². The van der Waals surface area contributed by atoms with Crippen molar-refractivity contribution in [1.82, 2.24) is 10.3 Å². The largest absolute Gasteiger partial charge is 0.340 e. The summed E-state index contributed by atoms with van der Waals surface area (Å²) < 4.78 is 0. The van der Waals surface area contributed by atoms with Crippen molar-refractivity contribution in [2.75, 3.05) is 6.54 Å². The van der Waals surface area contributed by atoms with Gasteiger partial charge in [-0.3, -0.25) is 5.43 Å². The number of hydrogen-bond acceptors (Lipinski definition) is 3. The van der Waals surface area contributed by atoms with E-state index in [1.165, 1.54) is 0 Å². The molecule has 0 aliphatic carbocycles. The molecule has 1 atom stereocenters. The summed E-state index contributed by atoms with van der Waals surface area (Å²) in [5, 5.41) is 4.02. The normalized spacial score (nSPS) is 22.9. The van der Waals surface area contributed by atoms with E-state index in [-0.39, 0.29) is 0 Å². The average molecular weight is 155 g/mol. The minimum atomic E-state index is 0.431. The molecule has 0 amide bonds. The third-order valence-corrected chi connectivity index (χ3v) is 1.89. The lowest BCUT2D eigenvalue weighted by atomic mass is 10.1. The number of rotatable bonds is 3. The van der Waals surface area contributed by atoms with Crippen molar-refractivity contribution < 1.29 is 0 Å². The second kappa shape index (κ2) is 3.60. The molecule has 0 bridgehead atoms. The maximum atomic E-state index is 4.02. The monoisotopic (exact) mass is 155 g/mol. The minimum absolute atomic E-state index is 0.431. The van der Waals surface area contributed by atoms with Gasteiger partial charge < -0.3 is 4.90 Å². The molecule has 1 unspecified atom stereocenters. The summed E-state index contributed by atoms with van der Waals surface area (Å²) in [4.78, 5) is 2.22. The van der Waals surface area contributed by atoms with Gasteiger partial charge in [0.2, 0.25) is 0 Å². The fourth-order valence-electron chi connectivity index (χ4n) is 1.28. The zero-order valence-corrected chi connectivity index (χ0v) is 7.54. The van der Waals surface area contributed by atoms with Gasteiger partial charge in [-0.2, -0.15) is 5.10 Å². The van der Waals surface area contributed by atoms with Crippen LogP contribution < -0.4 is 5.43 Å². The van der Waals surface area contributed by atoms with Gasteiger partial charge in [0.15, 0.2) is 0 Å². The van der Waals surface area contributed by atoms with E-state index in [9.17, 15) is 0 Å². The van der Waals surface area contributed by atoms with Gasteiger partial charge in [-0.1, -0.05) is 13.8 Å². The number of nitrogens with one attached hydrogen (secondary N) is 1. The minimum Gasteiger partial charge on any atom is -0.340 e. The van der Waals surface area contributed by atoms with E-state index in [1.54, 1.807) is 0 Å². The molecule has 11 heavy (non-hydrogen) atoms. The van der Waals surface area contributed by atoms with E-state index in [0.717, 1.165) is 18.9 Å². The fourth-order valence-corrected chi connectivity index (χ4v) is 1.28. The van der Waals surface area contributed by atoms with Crippen LogP contribution in [0.15, 0.2) is 5.10 Å². The summed E-state index contributed by atoms with van der Waals surface area (Å²) in [6.07, 6.45) is 3.47. The molecule has 3 heteroatoms. The van der Waals surface area contributed by atoms with Crippen molar-refractivity contribution in [3.05, 3.63) is 0 Å². The summed E-state index contributed by atoms with van der Waals surface area (Å²) >= 11 is 0. The number of hydrazone groups is 1. The molecule has 1 heterocycles. The van der Waals surface area contributed by atoms with E-state index in [0.29, 0.717) is 6.17 Å². The third-order valence-electron chi connectivity index (χ3n) is 1.89. The highest BCUT2D eigenvalue weighted by Gasteiger charge is 2.18. The smallest absolute Gasteiger partial charge is 0.116 e. The van der Waals surface area contributed by atoms with E-state index in [4.69, 9.17) is 0 Å². The van der Waals surface area contributed by atoms with Crippen LogP contribution in [0, 0.1) is 5.92 Å². The number of hydrogen-bond donors (Lipinski definition) is 1. The lowest BCUT2D eigenvalue weighted by Crippen LogP contribution is -2.37. The molecule has 0 aromatic rings. The molecule has 64 valence electrons. The zero-order chi connectivity index (χ0) is 8.27.